The van der Waals surface area contributed by atoms with Crippen molar-refractivity contribution in [2.75, 3.05) is 11.1 Å². The monoisotopic (exact) mass is 443 g/mol. The molecule has 3 aromatic rings. The van der Waals surface area contributed by atoms with E-state index in [4.69, 9.17) is 11.6 Å². The number of nitrogens with one attached hydrogen (secondary N) is 2. The van der Waals surface area contributed by atoms with E-state index in [0.717, 1.165) is 17.7 Å². The molecule has 0 saturated heterocycles. The first-order valence-electron chi connectivity index (χ1n) is 9.41. The standard InChI is InChI=1S/C21H22ClN5O2S/c1-3-14-8-4-7-11-17(14)24-19(28)13-30-21-26-25-18(27(21)2)12-23-20(29)15-9-5-6-10-16(15)22/h4-11H,3,12-13H2,1-2H3,(H,23,29)(H,24,28). The molecule has 0 atom stereocenters. The summed E-state index contributed by atoms with van der Waals surface area (Å²) in [7, 11) is 1.80. The number of thioether (sulfide) groups is 1. The van der Waals surface area contributed by atoms with E-state index in [1.807, 2.05) is 31.2 Å². The lowest BCUT2D eigenvalue weighted by Crippen LogP contribution is -2.24. The minimum Gasteiger partial charge on any atom is -0.345 e. The largest absolute Gasteiger partial charge is 0.345 e. The highest BCUT2D eigenvalue weighted by atomic mass is 35.5. The lowest BCUT2D eigenvalue weighted by Gasteiger charge is -2.09. The van der Waals surface area contributed by atoms with Gasteiger partial charge in [-0.25, -0.2) is 0 Å². The van der Waals surface area contributed by atoms with Gasteiger partial charge in [0, 0.05) is 12.7 Å². The van der Waals surface area contributed by atoms with Crippen LogP contribution in [0.1, 0.15) is 28.7 Å². The van der Waals surface area contributed by atoms with E-state index in [0.29, 0.717) is 21.6 Å². The van der Waals surface area contributed by atoms with E-state index in [2.05, 4.69) is 20.8 Å². The van der Waals surface area contributed by atoms with Crippen LogP contribution < -0.4 is 10.6 Å². The molecule has 9 heteroatoms. The van der Waals surface area contributed by atoms with Gasteiger partial charge in [0.05, 0.1) is 22.9 Å². The molecule has 0 spiro atoms. The number of aryl methyl sites for hydroxylation is 1. The van der Waals surface area contributed by atoms with E-state index in [-0.39, 0.29) is 24.1 Å². The Morgan fingerprint density at radius 1 is 1.10 bits per heavy atom. The van der Waals surface area contributed by atoms with Crippen molar-refractivity contribution in [3.63, 3.8) is 0 Å². The summed E-state index contributed by atoms with van der Waals surface area (Å²) in [4.78, 5) is 24.6. The van der Waals surface area contributed by atoms with Gasteiger partial charge in [-0.1, -0.05) is 60.6 Å². The molecule has 0 unspecified atom stereocenters. The summed E-state index contributed by atoms with van der Waals surface area (Å²) >= 11 is 7.33. The fraction of sp³-hybridized carbons (Fsp3) is 0.238. The first kappa shape index (κ1) is 21.9. The molecule has 0 aliphatic heterocycles. The number of halogens is 1. The maximum Gasteiger partial charge on any atom is 0.253 e. The van der Waals surface area contributed by atoms with E-state index < -0.39 is 0 Å². The predicted molar refractivity (Wildman–Crippen MR) is 119 cm³/mol. The maximum absolute atomic E-state index is 12.3. The highest BCUT2D eigenvalue weighted by Crippen LogP contribution is 2.19. The Labute approximate surface area is 184 Å². The molecule has 3 rings (SSSR count). The van der Waals surface area contributed by atoms with Gasteiger partial charge in [0.25, 0.3) is 5.91 Å². The summed E-state index contributed by atoms with van der Waals surface area (Å²) in [5, 5.41) is 14.9. The Bertz CT molecular complexity index is 1050. The summed E-state index contributed by atoms with van der Waals surface area (Å²) in [6.45, 7) is 2.25. The van der Waals surface area contributed by atoms with Crippen LogP contribution in [0.3, 0.4) is 0 Å². The molecule has 1 heterocycles. The third-order valence-corrected chi connectivity index (χ3v) is 5.81. The van der Waals surface area contributed by atoms with Gasteiger partial charge in [-0.05, 0) is 30.2 Å². The second-order valence-electron chi connectivity index (χ2n) is 6.47. The lowest BCUT2D eigenvalue weighted by molar-refractivity contribution is -0.113. The molecule has 30 heavy (non-hydrogen) atoms. The van der Waals surface area contributed by atoms with Crippen molar-refractivity contribution in [1.29, 1.82) is 0 Å². The number of carbonyl (C=O) groups is 2. The maximum atomic E-state index is 12.3. The lowest BCUT2D eigenvalue weighted by atomic mass is 10.1. The Balaban J connectivity index is 1.54. The van der Waals surface area contributed by atoms with Gasteiger partial charge < -0.3 is 15.2 Å². The molecule has 2 N–H and O–H groups in total. The van der Waals surface area contributed by atoms with Crippen molar-refractivity contribution < 1.29 is 9.59 Å². The van der Waals surface area contributed by atoms with Crippen LogP contribution in [0, 0.1) is 0 Å². The van der Waals surface area contributed by atoms with Gasteiger partial charge in [0.2, 0.25) is 5.91 Å². The highest BCUT2D eigenvalue weighted by Gasteiger charge is 2.14. The van der Waals surface area contributed by atoms with E-state index in [1.165, 1.54) is 11.8 Å². The number of aromatic nitrogens is 3. The van der Waals surface area contributed by atoms with Crippen molar-refractivity contribution in [3.8, 4) is 0 Å². The molecule has 1 aromatic heterocycles. The molecular formula is C21H22ClN5O2S. The zero-order valence-electron chi connectivity index (χ0n) is 16.7. The van der Waals surface area contributed by atoms with Crippen LogP contribution in [0.2, 0.25) is 5.02 Å². The van der Waals surface area contributed by atoms with Crippen LogP contribution in [0.4, 0.5) is 5.69 Å². The minimum absolute atomic E-state index is 0.113. The van der Waals surface area contributed by atoms with Gasteiger partial charge in [-0.15, -0.1) is 10.2 Å². The number of rotatable bonds is 8. The van der Waals surface area contributed by atoms with Crippen LogP contribution in [0.5, 0.6) is 0 Å². The topological polar surface area (TPSA) is 88.9 Å². The van der Waals surface area contributed by atoms with Crippen LogP contribution >= 0.6 is 23.4 Å². The molecule has 2 aromatic carbocycles. The number of nitrogens with zero attached hydrogens (tertiary/aromatic N) is 3. The summed E-state index contributed by atoms with van der Waals surface area (Å²) in [6.07, 6.45) is 0.843. The molecule has 0 aliphatic rings. The third kappa shape index (κ3) is 5.40. The van der Waals surface area contributed by atoms with Gasteiger partial charge in [0.1, 0.15) is 0 Å². The first-order chi connectivity index (χ1) is 14.5. The zero-order valence-corrected chi connectivity index (χ0v) is 18.3. The fourth-order valence-electron chi connectivity index (χ4n) is 2.79. The molecule has 2 amide bonds. The first-order valence-corrected chi connectivity index (χ1v) is 10.8. The van der Waals surface area contributed by atoms with E-state index in [1.54, 1.807) is 35.9 Å². The Hall–Kier alpha value is -2.84. The van der Waals surface area contributed by atoms with Gasteiger partial charge >= 0.3 is 0 Å². The molecule has 0 bridgehead atoms. The molecule has 156 valence electrons. The fourth-order valence-corrected chi connectivity index (χ4v) is 3.74. The number of para-hydroxylation sites is 1. The Morgan fingerprint density at radius 2 is 1.83 bits per heavy atom. The van der Waals surface area contributed by atoms with Gasteiger partial charge in [0.15, 0.2) is 11.0 Å². The predicted octanol–water partition coefficient (Wildman–Crippen LogP) is 3.69. The molecule has 0 radical (unpaired) electrons. The normalized spacial score (nSPS) is 10.6. The third-order valence-electron chi connectivity index (χ3n) is 4.46. The second-order valence-corrected chi connectivity index (χ2v) is 7.82. The van der Waals surface area contributed by atoms with Crippen LogP contribution in [-0.2, 0) is 24.8 Å². The van der Waals surface area contributed by atoms with Crippen molar-refractivity contribution in [2.24, 2.45) is 7.05 Å². The average Bonchev–Trinajstić information content (AvgIpc) is 3.10. The summed E-state index contributed by atoms with van der Waals surface area (Å²) in [6, 6.07) is 14.6. The van der Waals surface area contributed by atoms with Crippen LogP contribution in [-0.4, -0.2) is 32.3 Å². The van der Waals surface area contributed by atoms with E-state index in [9.17, 15) is 9.59 Å². The van der Waals surface area contributed by atoms with Crippen LogP contribution in [0.15, 0.2) is 53.7 Å². The van der Waals surface area contributed by atoms with Crippen molar-refractivity contribution >= 4 is 40.9 Å². The quantitative estimate of drug-likeness (QED) is 0.518. The number of hydrogen-bond donors (Lipinski definition) is 2. The average molecular weight is 444 g/mol. The van der Waals surface area contributed by atoms with Crippen molar-refractivity contribution in [3.05, 3.63) is 70.5 Å². The highest BCUT2D eigenvalue weighted by molar-refractivity contribution is 7.99. The van der Waals surface area contributed by atoms with Gasteiger partial charge in [-0.2, -0.15) is 0 Å². The van der Waals surface area contributed by atoms with Gasteiger partial charge in [-0.3, -0.25) is 9.59 Å². The van der Waals surface area contributed by atoms with E-state index >= 15 is 0 Å². The number of carbonyl (C=O) groups excluding carboxylic acids is 2. The number of amides is 2. The molecule has 0 fully saturated rings. The van der Waals surface area contributed by atoms with Crippen molar-refractivity contribution in [1.82, 2.24) is 20.1 Å². The molecular weight excluding hydrogens is 422 g/mol. The Morgan fingerprint density at radius 3 is 2.60 bits per heavy atom. The number of benzene rings is 2. The summed E-state index contributed by atoms with van der Waals surface area (Å²) < 4.78 is 1.75. The summed E-state index contributed by atoms with van der Waals surface area (Å²) in [5.74, 6) is 0.384. The molecule has 0 aliphatic carbocycles. The smallest absolute Gasteiger partial charge is 0.253 e. The Kier molecular flexibility index (Phi) is 7.48. The van der Waals surface area contributed by atoms with Crippen molar-refractivity contribution in [2.45, 2.75) is 25.0 Å². The number of hydrogen-bond acceptors (Lipinski definition) is 5. The zero-order chi connectivity index (χ0) is 21.5. The summed E-state index contributed by atoms with van der Waals surface area (Å²) in [5.41, 5.74) is 2.32. The SMILES string of the molecule is CCc1ccccc1NC(=O)CSc1nnc(CNC(=O)c2ccccc2Cl)n1C. The second kappa shape index (κ2) is 10.3. The molecule has 0 saturated carbocycles. The minimum atomic E-state index is -0.285. The van der Waals surface area contributed by atoms with Crippen LogP contribution in [0.25, 0.3) is 0 Å². The number of anilines is 1. The molecule has 7 nitrogen and oxygen atoms in total.